The Morgan fingerprint density at radius 1 is 1.33 bits per heavy atom. The number of aromatic nitrogens is 2. The Balaban J connectivity index is 2.40. The quantitative estimate of drug-likeness (QED) is 0.697. The van der Waals surface area contributed by atoms with Crippen LogP contribution in [0.15, 0.2) is 40.0 Å². The number of benzene rings is 1. The molecule has 0 saturated carbocycles. The number of rotatable bonds is 4. The number of hydrogen-bond donors (Lipinski definition) is 3. The fourth-order valence-corrected chi connectivity index (χ4v) is 2.64. The van der Waals surface area contributed by atoms with Gasteiger partial charge in [0.05, 0.1) is 4.90 Å². The number of nitrogens with two attached hydrogens (primary N) is 1. The molecule has 0 spiro atoms. The molecule has 2 aromatic rings. The first-order chi connectivity index (χ1) is 9.79. The first-order valence-corrected chi connectivity index (χ1v) is 7.36. The highest BCUT2D eigenvalue weighted by atomic mass is 32.2. The highest BCUT2D eigenvalue weighted by Crippen LogP contribution is 2.17. The lowest BCUT2D eigenvalue weighted by molar-refractivity contribution is 0.599. The Morgan fingerprint density at radius 3 is 2.62 bits per heavy atom. The van der Waals surface area contributed by atoms with Crippen LogP contribution in [0.3, 0.4) is 0 Å². The third-order valence-electron chi connectivity index (χ3n) is 2.43. The van der Waals surface area contributed by atoms with Gasteiger partial charge in [0.2, 0.25) is 0 Å². The number of sulfonamides is 1. The summed E-state index contributed by atoms with van der Waals surface area (Å²) in [7, 11) is -4.02. The largest absolute Gasteiger partial charge is 0.389 e. The number of nitrogens with zero attached hydrogens (tertiary/aromatic N) is 1. The number of anilines is 1. The topological polar surface area (TPSA) is 118 Å². The second-order valence-corrected chi connectivity index (χ2v) is 6.04. The van der Waals surface area contributed by atoms with Crippen LogP contribution in [-0.4, -0.2) is 23.6 Å². The summed E-state index contributed by atoms with van der Waals surface area (Å²) >= 11 is 4.65. The van der Waals surface area contributed by atoms with E-state index in [-0.39, 0.29) is 21.3 Å². The monoisotopic (exact) mass is 328 g/mol. The van der Waals surface area contributed by atoms with E-state index in [1.165, 1.54) is 6.07 Å². The molecule has 1 aromatic carbocycles. The van der Waals surface area contributed by atoms with Gasteiger partial charge in [-0.3, -0.25) is 9.52 Å². The Kier molecular flexibility index (Phi) is 4.00. The van der Waals surface area contributed by atoms with E-state index in [1.807, 2.05) is 0 Å². The number of thiocarbonyl (C=S) groups is 1. The van der Waals surface area contributed by atoms with E-state index in [2.05, 4.69) is 27.1 Å². The SMILES string of the molecule is NC(=S)c1cc(S(=O)(=O)Nc2ccc(=O)[nH]n2)ccc1F. The Bertz CT molecular complexity index is 844. The van der Waals surface area contributed by atoms with E-state index >= 15 is 0 Å². The van der Waals surface area contributed by atoms with Crippen LogP contribution in [0.2, 0.25) is 0 Å². The summed E-state index contributed by atoms with van der Waals surface area (Å²) in [5.74, 6) is -0.806. The molecule has 1 heterocycles. The van der Waals surface area contributed by atoms with Gasteiger partial charge in [0.1, 0.15) is 10.8 Å². The second-order valence-electron chi connectivity index (χ2n) is 3.92. The average Bonchev–Trinajstić information content (AvgIpc) is 2.41. The smallest absolute Gasteiger partial charge is 0.264 e. The number of nitrogens with one attached hydrogen (secondary N) is 2. The van der Waals surface area contributed by atoms with Crippen molar-refractivity contribution in [1.82, 2.24) is 10.2 Å². The van der Waals surface area contributed by atoms with Gasteiger partial charge in [0.15, 0.2) is 5.82 Å². The van der Waals surface area contributed by atoms with Gasteiger partial charge >= 0.3 is 0 Å². The van der Waals surface area contributed by atoms with E-state index < -0.39 is 21.4 Å². The van der Waals surface area contributed by atoms with Crippen molar-refractivity contribution in [2.24, 2.45) is 5.73 Å². The molecule has 0 aliphatic carbocycles. The Labute approximate surface area is 124 Å². The van der Waals surface area contributed by atoms with Crippen molar-refractivity contribution in [3.05, 3.63) is 52.1 Å². The van der Waals surface area contributed by atoms with E-state index in [1.54, 1.807) is 0 Å². The highest BCUT2D eigenvalue weighted by molar-refractivity contribution is 7.92. The molecule has 0 aliphatic rings. The molecule has 1 aromatic heterocycles. The maximum absolute atomic E-state index is 13.4. The standard InChI is InChI=1S/C11H9FN4O3S2/c12-8-2-1-6(5-7(8)11(13)20)21(18,19)16-9-3-4-10(17)15-14-9/h1-5H,(H2,13,20)(H,14,16)(H,15,17). The summed E-state index contributed by atoms with van der Waals surface area (Å²) in [4.78, 5) is 10.4. The molecule has 2 rings (SSSR count). The number of halogens is 1. The minimum absolute atomic E-state index is 0.0872. The molecule has 0 fully saturated rings. The molecule has 0 amide bonds. The van der Waals surface area contributed by atoms with Gasteiger partial charge in [-0.25, -0.2) is 17.9 Å². The van der Waals surface area contributed by atoms with Crippen molar-refractivity contribution in [2.75, 3.05) is 4.72 Å². The van der Waals surface area contributed by atoms with Crippen LogP contribution in [0, 0.1) is 5.82 Å². The Morgan fingerprint density at radius 2 is 2.05 bits per heavy atom. The lowest BCUT2D eigenvalue weighted by Crippen LogP contribution is -2.18. The van der Waals surface area contributed by atoms with E-state index in [0.717, 1.165) is 24.3 Å². The lowest BCUT2D eigenvalue weighted by Gasteiger charge is -2.08. The first kappa shape index (κ1) is 15.1. The van der Waals surface area contributed by atoms with Gasteiger partial charge in [-0.15, -0.1) is 0 Å². The van der Waals surface area contributed by atoms with Crippen LogP contribution in [0.5, 0.6) is 0 Å². The summed E-state index contributed by atoms with van der Waals surface area (Å²) in [6, 6.07) is 5.32. The molecular formula is C11H9FN4O3S2. The predicted octanol–water partition coefficient (Wildman–Crippen LogP) is 0.344. The zero-order valence-corrected chi connectivity index (χ0v) is 12.0. The molecule has 7 nitrogen and oxygen atoms in total. The van der Waals surface area contributed by atoms with Gasteiger partial charge in [0.25, 0.3) is 15.6 Å². The molecule has 0 unspecified atom stereocenters. The van der Waals surface area contributed by atoms with Crippen LogP contribution in [-0.2, 0) is 10.0 Å². The molecular weight excluding hydrogens is 319 g/mol. The van der Waals surface area contributed by atoms with Crippen molar-refractivity contribution < 1.29 is 12.8 Å². The highest BCUT2D eigenvalue weighted by Gasteiger charge is 2.18. The minimum Gasteiger partial charge on any atom is -0.389 e. The van der Waals surface area contributed by atoms with Gasteiger partial charge < -0.3 is 5.73 Å². The summed E-state index contributed by atoms with van der Waals surface area (Å²) in [5, 5.41) is 5.59. The van der Waals surface area contributed by atoms with Crippen molar-refractivity contribution in [1.29, 1.82) is 0 Å². The molecule has 110 valence electrons. The first-order valence-electron chi connectivity index (χ1n) is 5.47. The lowest BCUT2D eigenvalue weighted by atomic mass is 10.2. The zero-order valence-electron chi connectivity index (χ0n) is 10.3. The van der Waals surface area contributed by atoms with Gasteiger partial charge in [-0.1, -0.05) is 12.2 Å². The maximum atomic E-state index is 13.4. The fourth-order valence-electron chi connectivity index (χ4n) is 1.46. The number of H-pyrrole nitrogens is 1. The van der Waals surface area contributed by atoms with Crippen LogP contribution in [0.1, 0.15) is 5.56 Å². The molecule has 0 saturated heterocycles. The fraction of sp³-hybridized carbons (Fsp3) is 0. The van der Waals surface area contributed by atoms with Gasteiger partial charge in [0, 0.05) is 11.6 Å². The van der Waals surface area contributed by atoms with Gasteiger partial charge in [-0.2, -0.15) is 5.10 Å². The maximum Gasteiger partial charge on any atom is 0.264 e. The molecule has 0 bridgehead atoms. The summed E-state index contributed by atoms with van der Waals surface area (Å²) in [5.41, 5.74) is 4.67. The van der Waals surface area contributed by atoms with E-state index in [4.69, 9.17) is 5.73 Å². The molecule has 21 heavy (non-hydrogen) atoms. The molecule has 4 N–H and O–H groups in total. The van der Waals surface area contributed by atoms with Crippen LogP contribution in [0.25, 0.3) is 0 Å². The Hall–Kier alpha value is -2.33. The molecule has 0 radical (unpaired) electrons. The summed E-state index contributed by atoms with van der Waals surface area (Å²) in [6.07, 6.45) is 0. The van der Waals surface area contributed by atoms with Crippen molar-refractivity contribution in [3.63, 3.8) is 0 Å². The number of hydrogen-bond acceptors (Lipinski definition) is 5. The van der Waals surface area contributed by atoms with Gasteiger partial charge in [-0.05, 0) is 24.3 Å². The summed E-state index contributed by atoms with van der Waals surface area (Å²) in [6.45, 7) is 0. The van der Waals surface area contributed by atoms with Crippen LogP contribution in [0.4, 0.5) is 10.2 Å². The summed E-state index contributed by atoms with van der Waals surface area (Å²) < 4.78 is 39.8. The zero-order chi connectivity index (χ0) is 15.6. The van der Waals surface area contributed by atoms with E-state index in [0.29, 0.717) is 0 Å². The molecule has 0 aliphatic heterocycles. The third-order valence-corrected chi connectivity index (χ3v) is 4.00. The van der Waals surface area contributed by atoms with Crippen molar-refractivity contribution in [3.8, 4) is 0 Å². The number of aromatic amines is 1. The van der Waals surface area contributed by atoms with Crippen LogP contribution >= 0.6 is 12.2 Å². The second kappa shape index (κ2) is 5.58. The van der Waals surface area contributed by atoms with Crippen LogP contribution < -0.4 is 16.0 Å². The van der Waals surface area contributed by atoms with E-state index in [9.17, 15) is 17.6 Å². The molecule has 0 atom stereocenters. The molecule has 10 heteroatoms. The third kappa shape index (κ3) is 3.41. The van der Waals surface area contributed by atoms with Crippen molar-refractivity contribution >= 4 is 33.0 Å². The van der Waals surface area contributed by atoms with Crippen molar-refractivity contribution in [2.45, 2.75) is 4.90 Å². The average molecular weight is 328 g/mol. The minimum atomic E-state index is -4.02. The predicted molar refractivity (Wildman–Crippen MR) is 78.0 cm³/mol. The normalized spacial score (nSPS) is 11.1.